The van der Waals surface area contributed by atoms with Crippen LogP contribution in [0.4, 0.5) is 5.82 Å². The van der Waals surface area contributed by atoms with Crippen LogP contribution in [0.3, 0.4) is 0 Å². The smallest absolute Gasteiger partial charge is 0.235 e. The van der Waals surface area contributed by atoms with Gasteiger partial charge >= 0.3 is 0 Å². The molecule has 0 saturated carbocycles. The van der Waals surface area contributed by atoms with Crippen molar-refractivity contribution in [1.82, 2.24) is 4.98 Å². The van der Waals surface area contributed by atoms with E-state index < -0.39 is 0 Å². The molecule has 1 aromatic carbocycles. The van der Waals surface area contributed by atoms with E-state index in [0.717, 1.165) is 5.75 Å². The Hall–Kier alpha value is -1.81. The lowest BCUT2D eigenvalue weighted by Gasteiger charge is -2.04. The first-order valence-corrected chi connectivity index (χ1v) is 7.24. The lowest BCUT2D eigenvalue weighted by molar-refractivity contribution is -0.113. The summed E-state index contributed by atoms with van der Waals surface area (Å²) in [7, 11) is 0. The highest BCUT2D eigenvalue weighted by Gasteiger charge is 2.03. The van der Waals surface area contributed by atoms with Crippen LogP contribution in [-0.4, -0.2) is 16.6 Å². The first kappa shape index (κ1) is 13.6. The van der Waals surface area contributed by atoms with E-state index in [0.29, 0.717) is 11.6 Å². The number of carbonyl (C=O) groups is 1. The third kappa shape index (κ3) is 4.75. The van der Waals surface area contributed by atoms with Crippen LogP contribution < -0.4 is 5.32 Å². The molecule has 19 heavy (non-hydrogen) atoms. The van der Waals surface area contributed by atoms with Crippen molar-refractivity contribution in [2.45, 2.75) is 12.7 Å². The predicted octanol–water partition coefficient (Wildman–Crippen LogP) is 3.26. The van der Waals surface area contributed by atoms with Crippen molar-refractivity contribution in [3.05, 3.63) is 59.8 Å². The number of carbonyl (C=O) groups excluding carboxylic acids is 1. The lowest BCUT2D eigenvalue weighted by Crippen LogP contribution is -2.14. The fourth-order valence-corrected chi connectivity index (χ4v) is 2.35. The summed E-state index contributed by atoms with van der Waals surface area (Å²) in [5.74, 6) is 1.86. The van der Waals surface area contributed by atoms with Gasteiger partial charge in [-0.05, 0) is 24.6 Å². The molecule has 98 valence electrons. The molecule has 0 atom stereocenters. The summed E-state index contributed by atoms with van der Waals surface area (Å²) in [6.07, 6.45) is 1.66. The minimum Gasteiger partial charge on any atom is -0.310 e. The monoisotopic (exact) mass is 272 g/mol. The Morgan fingerprint density at radius 1 is 1.21 bits per heavy atom. The molecule has 0 bridgehead atoms. The molecule has 1 amide bonds. The maximum absolute atomic E-state index is 11.7. The van der Waals surface area contributed by atoms with Crippen LogP contribution in [0, 0.1) is 6.92 Å². The number of amides is 1. The number of pyridine rings is 1. The van der Waals surface area contributed by atoms with E-state index in [4.69, 9.17) is 0 Å². The Labute approximate surface area is 117 Å². The molecule has 1 aromatic heterocycles. The average Bonchev–Trinajstić information content (AvgIpc) is 2.42. The number of aryl methyl sites for hydroxylation is 1. The molecule has 0 radical (unpaired) electrons. The van der Waals surface area contributed by atoms with Crippen molar-refractivity contribution in [2.75, 3.05) is 11.1 Å². The number of benzene rings is 1. The average molecular weight is 272 g/mol. The maximum Gasteiger partial charge on any atom is 0.235 e. The first-order chi connectivity index (χ1) is 9.24. The topological polar surface area (TPSA) is 42.0 Å². The van der Waals surface area contributed by atoms with E-state index >= 15 is 0 Å². The Balaban J connectivity index is 1.74. The SMILES string of the molecule is Cc1ccc(CSCC(=O)Nc2ccccn2)cc1. The minimum atomic E-state index is -0.0178. The minimum absolute atomic E-state index is 0.0178. The molecule has 2 aromatic rings. The largest absolute Gasteiger partial charge is 0.310 e. The summed E-state index contributed by atoms with van der Waals surface area (Å²) in [6, 6.07) is 13.8. The summed E-state index contributed by atoms with van der Waals surface area (Å²) >= 11 is 1.60. The summed E-state index contributed by atoms with van der Waals surface area (Å²) in [6.45, 7) is 2.07. The quantitative estimate of drug-likeness (QED) is 0.908. The highest BCUT2D eigenvalue weighted by Crippen LogP contribution is 2.13. The molecule has 0 spiro atoms. The molecule has 3 nitrogen and oxygen atoms in total. The molecule has 0 fully saturated rings. The second-order valence-electron chi connectivity index (χ2n) is 4.24. The molecule has 2 rings (SSSR count). The number of hydrogen-bond donors (Lipinski definition) is 1. The standard InChI is InChI=1S/C15H16N2OS/c1-12-5-7-13(8-6-12)10-19-11-15(18)17-14-4-2-3-9-16-14/h2-9H,10-11H2,1H3,(H,16,17,18). The van der Waals surface area contributed by atoms with Gasteiger partial charge in [0, 0.05) is 11.9 Å². The molecule has 4 heteroatoms. The van der Waals surface area contributed by atoms with E-state index in [1.54, 1.807) is 24.0 Å². The van der Waals surface area contributed by atoms with Crippen molar-refractivity contribution in [3.63, 3.8) is 0 Å². The fourth-order valence-electron chi connectivity index (χ4n) is 1.56. The number of nitrogens with one attached hydrogen (secondary N) is 1. The molecule has 0 unspecified atom stereocenters. The Morgan fingerprint density at radius 3 is 2.68 bits per heavy atom. The van der Waals surface area contributed by atoms with Crippen molar-refractivity contribution < 1.29 is 4.79 Å². The molecule has 1 heterocycles. The molecule has 0 aliphatic rings. The van der Waals surface area contributed by atoms with E-state index in [9.17, 15) is 4.79 Å². The number of rotatable bonds is 5. The molecule has 0 aliphatic heterocycles. The van der Waals surface area contributed by atoms with Gasteiger partial charge in [-0.2, -0.15) is 0 Å². The van der Waals surface area contributed by atoms with Gasteiger partial charge in [0.15, 0.2) is 0 Å². The third-order valence-electron chi connectivity index (χ3n) is 2.55. The van der Waals surface area contributed by atoms with E-state index in [1.807, 2.05) is 12.1 Å². The van der Waals surface area contributed by atoms with Gasteiger partial charge in [0.1, 0.15) is 5.82 Å². The van der Waals surface area contributed by atoms with Crippen molar-refractivity contribution in [1.29, 1.82) is 0 Å². The number of aromatic nitrogens is 1. The van der Waals surface area contributed by atoms with Crippen molar-refractivity contribution in [3.8, 4) is 0 Å². The second-order valence-corrected chi connectivity index (χ2v) is 5.23. The molecule has 0 saturated heterocycles. The van der Waals surface area contributed by atoms with Gasteiger partial charge in [0.25, 0.3) is 0 Å². The Morgan fingerprint density at radius 2 is 2.00 bits per heavy atom. The second kappa shape index (κ2) is 6.95. The van der Waals surface area contributed by atoms with Crippen LogP contribution >= 0.6 is 11.8 Å². The van der Waals surface area contributed by atoms with Gasteiger partial charge in [0.05, 0.1) is 5.75 Å². The Bertz CT molecular complexity index is 526. The van der Waals surface area contributed by atoms with Crippen LogP contribution in [0.5, 0.6) is 0 Å². The van der Waals surface area contributed by atoms with Crippen LogP contribution in [-0.2, 0) is 10.5 Å². The van der Waals surface area contributed by atoms with Gasteiger partial charge in [-0.25, -0.2) is 4.98 Å². The van der Waals surface area contributed by atoms with Crippen LogP contribution in [0.15, 0.2) is 48.7 Å². The van der Waals surface area contributed by atoms with Crippen molar-refractivity contribution in [2.24, 2.45) is 0 Å². The van der Waals surface area contributed by atoms with E-state index in [1.165, 1.54) is 11.1 Å². The number of thioether (sulfide) groups is 1. The highest BCUT2D eigenvalue weighted by molar-refractivity contribution is 7.99. The zero-order valence-electron chi connectivity index (χ0n) is 10.8. The van der Waals surface area contributed by atoms with Crippen molar-refractivity contribution >= 4 is 23.5 Å². The molecule has 1 N–H and O–H groups in total. The van der Waals surface area contributed by atoms with Crippen LogP contribution in [0.2, 0.25) is 0 Å². The maximum atomic E-state index is 11.7. The van der Waals surface area contributed by atoms with Gasteiger partial charge in [-0.15, -0.1) is 11.8 Å². The first-order valence-electron chi connectivity index (χ1n) is 6.08. The van der Waals surface area contributed by atoms with E-state index in [-0.39, 0.29) is 5.91 Å². The molecule has 0 aliphatic carbocycles. The summed E-state index contributed by atoms with van der Waals surface area (Å²) < 4.78 is 0. The summed E-state index contributed by atoms with van der Waals surface area (Å²) in [5, 5.41) is 2.77. The zero-order valence-corrected chi connectivity index (χ0v) is 11.6. The summed E-state index contributed by atoms with van der Waals surface area (Å²) in [5.41, 5.74) is 2.49. The van der Waals surface area contributed by atoms with Crippen LogP contribution in [0.25, 0.3) is 0 Å². The van der Waals surface area contributed by atoms with Crippen LogP contribution in [0.1, 0.15) is 11.1 Å². The number of hydrogen-bond acceptors (Lipinski definition) is 3. The number of anilines is 1. The van der Waals surface area contributed by atoms with E-state index in [2.05, 4.69) is 41.5 Å². The number of nitrogens with zero attached hydrogens (tertiary/aromatic N) is 1. The van der Waals surface area contributed by atoms with Gasteiger partial charge in [-0.1, -0.05) is 35.9 Å². The normalized spacial score (nSPS) is 10.2. The lowest BCUT2D eigenvalue weighted by atomic mass is 10.2. The van der Waals surface area contributed by atoms with Gasteiger partial charge < -0.3 is 5.32 Å². The van der Waals surface area contributed by atoms with Gasteiger partial charge in [-0.3, -0.25) is 4.79 Å². The molecular weight excluding hydrogens is 256 g/mol. The highest BCUT2D eigenvalue weighted by atomic mass is 32.2. The van der Waals surface area contributed by atoms with Gasteiger partial charge in [0.2, 0.25) is 5.91 Å². The summed E-state index contributed by atoms with van der Waals surface area (Å²) in [4.78, 5) is 15.7. The Kier molecular flexibility index (Phi) is 4.98. The predicted molar refractivity (Wildman–Crippen MR) is 80.2 cm³/mol. The fraction of sp³-hybridized carbons (Fsp3) is 0.200. The zero-order chi connectivity index (χ0) is 13.5. The molecular formula is C15H16N2OS. The third-order valence-corrected chi connectivity index (χ3v) is 3.56.